The third-order valence-electron chi connectivity index (χ3n) is 4.26. The Kier molecular flexibility index (Phi) is 5.26. The average Bonchev–Trinajstić information content (AvgIpc) is 2.67. The second-order valence-electron chi connectivity index (χ2n) is 6.01. The largest absolute Gasteiger partial charge is 0.316 e. The van der Waals surface area contributed by atoms with Crippen LogP contribution in [0.15, 0.2) is 0 Å². The summed E-state index contributed by atoms with van der Waals surface area (Å²) < 4.78 is 0. The molecule has 1 rings (SSSR count). The summed E-state index contributed by atoms with van der Waals surface area (Å²) in [6, 6.07) is 0.677. The van der Waals surface area contributed by atoms with Crippen LogP contribution in [0.25, 0.3) is 0 Å². The average molecular weight is 226 g/mol. The number of nitrogens with one attached hydrogen (secondary N) is 1. The Labute approximate surface area is 102 Å². The van der Waals surface area contributed by atoms with E-state index in [0.717, 1.165) is 5.92 Å². The third kappa shape index (κ3) is 3.21. The van der Waals surface area contributed by atoms with Crippen LogP contribution in [0.1, 0.15) is 47.5 Å². The molecule has 96 valence electrons. The molecular formula is C14H30N2. The Hall–Kier alpha value is -0.0800. The number of rotatable bonds is 6. The lowest BCUT2D eigenvalue weighted by Crippen LogP contribution is -2.45. The Morgan fingerprint density at radius 3 is 2.31 bits per heavy atom. The Balaban J connectivity index is 2.65. The fourth-order valence-corrected chi connectivity index (χ4v) is 2.78. The van der Waals surface area contributed by atoms with Crippen molar-refractivity contribution in [1.29, 1.82) is 0 Å². The van der Waals surface area contributed by atoms with Crippen molar-refractivity contribution in [1.82, 2.24) is 10.2 Å². The van der Waals surface area contributed by atoms with Crippen LogP contribution in [-0.4, -0.2) is 37.1 Å². The van der Waals surface area contributed by atoms with Gasteiger partial charge in [-0.15, -0.1) is 0 Å². The van der Waals surface area contributed by atoms with Crippen molar-refractivity contribution in [2.75, 3.05) is 26.2 Å². The van der Waals surface area contributed by atoms with Crippen molar-refractivity contribution in [2.24, 2.45) is 11.3 Å². The van der Waals surface area contributed by atoms with Crippen LogP contribution in [0.2, 0.25) is 0 Å². The fraction of sp³-hybridized carbons (Fsp3) is 1.00. The normalized spacial score (nSPS) is 26.2. The molecule has 0 aromatic carbocycles. The van der Waals surface area contributed by atoms with E-state index in [-0.39, 0.29) is 0 Å². The van der Waals surface area contributed by atoms with Gasteiger partial charge in [0.2, 0.25) is 0 Å². The van der Waals surface area contributed by atoms with Gasteiger partial charge in [0.05, 0.1) is 0 Å². The summed E-state index contributed by atoms with van der Waals surface area (Å²) in [5.41, 5.74) is 0.513. The standard InChI is InChI=1S/C14H30N2/c1-6-9-16(13(4)5)11-14(12(2)3)7-8-15-10-14/h12-13,15H,6-11H2,1-5H3. The highest BCUT2D eigenvalue weighted by molar-refractivity contribution is 4.93. The summed E-state index contributed by atoms with van der Waals surface area (Å²) in [4.78, 5) is 2.66. The lowest BCUT2D eigenvalue weighted by molar-refractivity contribution is 0.0956. The van der Waals surface area contributed by atoms with Crippen LogP contribution in [0.3, 0.4) is 0 Å². The quantitative estimate of drug-likeness (QED) is 0.749. The van der Waals surface area contributed by atoms with Crippen molar-refractivity contribution >= 4 is 0 Å². The minimum atomic E-state index is 0.513. The zero-order chi connectivity index (χ0) is 12.2. The maximum atomic E-state index is 3.55. The zero-order valence-corrected chi connectivity index (χ0v) is 11.8. The first-order chi connectivity index (χ1) is 7.52. The van der Waals surface area contributed by atoms with Gasteiger partial charge < -0.3 is 10.2 Å². The highest BCUT2D eigenvalue weighted by Crippen LogP contribution is 2.35. The lowest BCUT2D eigenvalue weighted by Gasteiger charge is -2.40. The van der Waals surface area contributed by atoms with Crippen molar-refractivity contribution < 1.29 is 0 Å². The van der Waals surface area contributed by atoms with Crippen LogP contribution in [0.4, 0.5) is 0 Å². The summed E-state index contributed by atoms with van der Waals surface area (Å²) in [5, 5.41) is 3.55. The fourth-order valence-electron chi connectivity index (χ4n) is 2.78. The molecule has 1 unspecified atom stereocenters. The molecule has 0 aliphatic carbocycles. The first-order valence-corrected chi connectivity index (χ1v) is 6.96. The molecule has 1 fully saturated rings. The van der Waals surface area contributed by atoms with Crippen molar-refractivity contribution in [2.45, 2.75) is 53.5 Å². The van der Waals surface area contributed by atoms with E-state index in [9.17, 15) is 0 Å². The predicted molar refractivity (Wildman–Crippen MR) is 71.8 cm³/mol. The highest BCUT2D eigenvalue weighted by atomic mass is 15.2. The van der Waals surface area contributed by atoms with Crippen LogP contribution >= 0.6 is 0 Å². The van der Waals surface area contributed by atoms with Gasteiger partial charge >= 0.3 is 0 Å². The molecule has 1 saturated heterocycles. The van der Waals surface area contributed by atoms with E-state index in [4.69, 9.17) is 0 Å². The number of hydrogen-bond donors (Lipinski definition) is 1. The zero-order valence-electron chi connectivity index (χ0n) is 11.8. The van der Waals surface area contributed by atoms with Crippen LogP contribution < -0.4 is 5.32 Å². The first-order valence-electron chi connectivity index (χ1n) is 6.96. The second-order valence-corrected chi connectivity index (χ2v) is 6.01. The van der Waals surface area contributed by atoms with Crippen LogP contribution in [0.5, 0.6) is 0 Å². The monoisotopic (exact) mass is 226 g/mol. The molecule has 2 nitrogen and oxygen atoms in total. The number of nitrogens with zero attached hydrogens (tertiary/aromatic N) is 1. The van der Waals surface area contributed by atoms with E-state index in [1.54, 1.807) is 0 Å². The van der Waals surface area contributed by atoms with Gasteiger partial charge in [-0.25, -0.2) is 0 Å². The van der Waals surface area contributed by atoms with Gasteiger partial charge in [0.1, 0.15) is 0 Å². The molecule has 2 heteroatoms. The summed E-state index contributed by atoms with van der Waals surface area (Å²) in [5.74, 6) is 0.778. The molecular weight excluding hydrogens is 196 g/mol. The van der Waals surface area contributed by atoms with Gasteiger partial charge in [0.15, 0.2) is 0 Å². The molecule has 0 aromatic rings. The van der Waals surface area contributed by atoms with Crippen molar-refractivity contribution in [3.8, 4) is 0 Å². The Bertz CT molecular complexity index is 193. The summed E-state index contributed by atoms with van der Waals surface area (Å²) in [7, 11) is 0. The van der Waals surface area contributed by atoms with Crippen molar-refractivity contribution in [3.63, 3.8) is 0 Å². The molecule has 0 bridgehead atoms. The summed E-state index contributed by atoms with van der Waals surface area (Å²) >= 11 is 0. The van der Waals surface area contributed by atoms with E-state index < -0.39 is 0 Å². The predicted octanol–water partition coefficient (Wildman–Crippen LogP) is 2.74. The van der Waals surface area contributed by atoms with Gasteiger partial charge in [-0.1, -0.05) is 20.8 Å². The van der Waals surface area contributed by atoms with Gasteiger partial charge in [0, 0.05) is 19.1 Å². The van der Waals surface area contributed by atoms with E-state index in [0.29, 0.717) is 11.5 Å². The maximum absolute atomic E-state index is 3.55. The molecule has 1 N–H and O–H groups in total. The minimum Gasteiger partial charge on any atom is -0.316 e. The SMILES string of the molecule is CCCN(CC1(C(C)C)CCNC1)C(C)C. The van der Waals surface area contributed by atoms with Gasteiger partial charge in [-0.05, 0) is 51.1 Å². The molecule has 0 spiro atoms. The van der Waals surface area contributed by atoms with Crippen LogP contribution in [-0.2, 0) is 0 Å². The lowest BCUT2D eigenvalue weighted by atomic mass is 9.76. The van der Waals surface area contributed by atoms with E-state index in [1.807, 2.05) is 0 Å². The van der Waals surface area contributed by atoms with E-state index >= 15 is 0 Å². The van der Waals surface area contributed by atoms with Gasteiger partial charge in [-0.3, -0.25) is 0 Å². The Morgan fingerprint density at radius 2 is 1.94 bits per heavy atom. The molecule has 1 atom stereocenters. The molecule has 1 aliphatic rings. The third-order valence-corrected chi connectivity index (χ3v) is 4.26. The van der Waals surface area contributed by atoms with Crippen LogP contribution in [0, 0.1) is 11.3 Å². The minimum absolute atomic E-state index is 0.513. The topological polar surface area (TPSA) is 15.3 Å². The van der Waals surface area contributed by atoms with E-state index in [2.05, 4.69) is 44.8 Å². The smallest absolute Gasteiger partial charge is 0.00558 e. The maximum Gasteiger partial charge on any atom is 0.00558 e. The van der Waals surface area contributed by atoms with Gasteiger partial charge in [0.25, 0.3) is 0 Å². The van der Waals surface area contributed by atoms with Gasteiger partial charge in [-0.2, -0.15) is 0 Å². The first kappa shape index (κ1) is 14.0. The highest BCUT2D eigenvalue weighted by Gasteiger charge is 2.38. The molecule has 16 heavy (non-hydrogen) atoms. The molecule has 0 saturated carbocycles. The molecule has 1 aliphatic heterocycles. The molecule has 1 heterocycles. The number of hydrogen-bond acceptors (Lipinski definition) is 2. The molecule has 0 radical (unpaired) electrons. The Morgan fingerprint density at radius 1 is 1.25 bits per heavy atom. The van der Waals surface area contributed by atoms with E-state index in [1.165, 1.54) is 39.0 Å². The second kappa shape index (κ2) is 6.02. The summed E-state index contributed by atoms with van der Waals surface area (Å²) in [6.45, 7) is 16.6. The molecule has 0 aromatic heterocycles. The van der Waals surface area contributed by atoms with Crippen molar-refractivity contribution in [3.05, 3.63) is 0 Å². The molecule has 0 amide bonds. The summed E-state index contributed by atoms with van der Waals surface area (Å²) in [6.07, 6.45) is 2.61.